The molecule has 1 rings (SSSR count). The molecule has 0 aliphatic carbocycles. The van der Waals surface area contributed by atoms with Crippen LogP contribution in [0.2, 0.25) is 0 Å². The summed E-state index contributed by atoms with van der Waals surface area (Å²) in [5, 5.41) is 11.8. The van der Waals surface area contributed by atoms with Crippen molar-refractivity contribution < 1.29 is 9.50 Å². The number of hydrogen-bond donors (Lipinski definition) is 2. The Morgan fingerprint density at radius 3 is 2.73 bits per heavy atom. The molecule has 0 saturated heterocycles. The minimum absolute atomic E-state index is 0.0403. The van der Waals surface area contributed by atoms with Crippen LogP contribution in [-0.2, 0) is 6.42 Å². The van der Waals surface area contributed by atoms with Crippen LogP contribution in [-0.4, -0.2) is 27.7 Å². The lowest BCUT2D eigenvalue weighted by atomic mass is 10.2. The molecule has 0 aromatic carbocycles. The van der Waals surface area contributed by atoms with Gasteiger partial charge in [-0.1, -0.05) is 13.8 Å². The normalized spacial score (nSPS) is 12.5. The zero-order chi connectivity index (χ0) is 11.3. The van der Waals surface area contributed by atoms with E-state index in [0.717, 1.165) is 0 Å². The zero-order valence-electron chi connectivity index (χ0n) is 9.00. The molecule has 0 aliphatic rings. The lowest BCUT2D eigenvalue weighted by Crippen LogP contribution is -2.24. The third kappa shape index (κ3) is 2.86. The molecule has 0 bridgehead atoms. The van der Waals surface area contributed by atoms with Gasteiger partial charge in [0.2, 0.25) is 0 Å². The van der Waals surface area contributed by atoms with Gasteiger partial charge in [-0.25, -0.2) is 14.4 Å². The molecule has 1 atom stereocenters. The molecule has 0 spiro atoms. The fourth-order valence-corrected chi connectivity index (χ4v) is 1.22. The first-order valence-corrected chi connectivity index (χ1v) is 5.09. The topological polar surface area (TPSA) is 58.0 Å². The largest absolute Gasteiger partial charge is 0.394 e. The number of hydrogen-bond acceptors (Lipinski definition) is 4. The van der Waals surface area contributed by atoms with Gasteiger partial charge >= 0.3 is 0 Å². The van der Waals surface area contributed by atoms with Crippen LogP contribution in [0.5, 0.6) is 0 Å². The summed E-state index contributed by atoms with van der Waals surface area (Å²) >= 11 is 0. The van der Waals surface area contributed by atoms with Gasteiger partial charge in [0.25, 0.3) is 0 Å². The summed E-state index contributed by atoms with van der Waals surface area (Å²) in [6.45, 7) is 3.70. The summed E-state index contributed by atoms with van der Waals surface area (Å²) in [5.41, 5.74) is 0.389. The van der Waals surface area contributed by atoms with Gasteiger partial charge in [0.15, 0.2) is 11.6 Å². The zero-order valence-corrected chi connectivity index (χ0v) is 9.00. The Balaban J connectivity index is 2.85. The average molecular weight is 213 g/mol. The summed E-state index contributed by atoms with van der Waals surface area (Å²) in [4.78, 5) is 7.64. The Hall–Kier alpha value is -1.23. The van der Waals surface area contributed by atoms with E-state index in [4.69, 9.17) is 5.11 Å². The van der Waals surface area contributed by atoms with Crippen LogP contribution in [0.15, 0.2) is 6.33 Å². The van der Waals surface area contributed by atoms with Crippen LogP contribution in [0, 0.1) is 5.82 Å². The Labute approximate surface area is 88.6 Å². The molecular formula is C10H16FN3O. The van der Waals surface area contributed by atoms with Gasteiger partial charge in [-0.3, -0.25) is 0 Å². The molecule has 1 heterocycles. The number of halogens is 1. The van der Waals surface area contributed by atoms with E-state index < -0.39 is 5.82 Å². The van der Waals surface area contributed by atoms with Gasteiger partial charge in [-0.05, 0) is 12.8 Å². The maximum Gasteiger partial charge on any atom is 0.186 e. The number of aryl methyl sites for hydroxylation is 1. The highest BCUT2D eigenvalue weighted by Crippen LogP contribution is 2.14. The summed E-state index contributed by atoms with van der Waals surface area (Å²) < 4.78 is 13.6. The standard InChI is InChI=1S/C10H16FN3O/c1-3-7(5-15)14-10-9(11)8(4-2)12-6-13-10/h6-7,15H,3-5H2,1-2H3,(H,12,13,14). The third-order valence-corrected chi connectivity index (χ3v) is 2.25. The molecule has 1 unspecified atom stereocenters. The first-order valence-electron chi connectivity index (χ1n) is 5.09. The summed E-state index contributed by atoms with van der Waals surface area (Å²) in [5.74, 6) is -0.255. The Kier molecular flexibility index (Phi) is 4.42. The molecule has 0 aliphatic heterocycles. The Bertz CT molecular complexity index is 316. The first kappa shape index (κ1) is 11.8. The van der Waals surface area contributed by atoms with E-state index >= 15 is 0 Å². The van der Waals surface area contributed by atoms with E-state index in [1.807, 2.05) is 13.8 Å². The van der Waals surface area contributed by atoms with Crippen molar-refractivity contribution in [1.82, 2.24) is 9.97 Å². The number of aliphatic hydroxyl groups is 1. The quantitative estimate of drug-likeness (QED) is 0.775. The average Bonchev–Trinajstić information content (AvgIpc) is 2.28. The third-order valence-electron chi connectivity index (χ3n) is 2.25. The van der Waals surface area contributed by atoms with Gasteiger partial charge < -0.3 is 10.4 Å². The van der Waals surface area contributed by atoms with Crippen molar-refractivity contribution >= 4 is 5.82 Å². The van der Waals surface area contributed by atoms with Crippen LogP contribution in [0.1, 0.15) is 26.0 Å². The molecule has 0 saturated carbocycles. The molecule has 15 heavy (non-hydrogen) atoms. The van der Waals surface area contributed by atoms with E-state index in [2.05, 4.69) is 15.3 Å². The van der Waals surface area contributed by atoms with Crippen LogP contribution >= 0.6 is 0 Å². The first-order chi connectivity index (χ1) is 7.22. The predicted molar refractivity (Wildman–Crippen MR) is 56.2 cm³/mol. The summed E-state index contributed by atoms with van der Waals surface area (Å²) in [7, 11) is 0. The second-order valence-corrected chi connectivity index (χ2v) is 3.27. The van der Waals surface area contributed by atoms with Crippen molar-refractivity contribution in [1.29, 1.82) is 0 Å². The van der Waals surface area contributed by atoms with E-state index in [9.17, 15) is 4.39 Å². The molecule has 2 N–H and O–H groups in total. The highest BCUT2D eigenvalue weighted by molar-refractivity contribution is 5.38. The maximum atomic E-state index is 13.6. The molecular weight excluding hydrogens is 197 g/mol. The summed E-state index contributed by atoms with van der Waals surface area (Å²) in [6.07, 6.45) is 2.56. The Morgan fingerprint density at radius 2 is 2.20 bits per heavy atom. The monoisotopic (exact) mass is 213 g/mol. The molecule has 0 fully saturated rings. The van der Waals surface area contributed by atoms with Gasteiger partial charge in [-0.2, -0.15) is 0 Å². The van der Waals surface area contributed by atoms with Crippen LogP contribution in [0.25, 0.3) is 0 Å². The van der Waals surface area contributed by atoms with Crippen LogP contribution in [0.4, 0.5) is 10.2 Å². The Morgan fingerprint density at radius 1 is 1.47 bits per heavy atom. The predicted octanol–water partition coefficient (Wildman–Crippen LogP) is 1.36. The number of nitrogens with one attached hydrogen (secondary N) is 1. The fourth-order valence-electron chi connectivity index (χ4n) is 1.22. The van der Waals surface area contributed by atoms with Crippen LogP contribution in [0.3, 0.4) is 0 Å². The number of nitrogens with zero attached hydrogens (tertiary/aromatic N) is 2. The minimum atomic E-state index is -0.424. The number of rotatable bonds is 5. The summed E-state index contributed by atoms with van der Waals surface area (Å²) in [6, 6.07) is -0.167. The van der Waals surface area contributed by atoms with E-state index in [0.29, 0.717) is 18.5 Å². The molecule has 5 heteroatoms. The van der Waals surface area contributed by atoms with Gasteiger partial charge in [-0.15, -0.1) is 0 Å². The van der Waals surface area contributed by atoms with Gasteiger partial charge in [0.1, 0.15) is 6.33 Å². The van der Waals surface area contributed by atoms with E-state index in [1.54, 1.807) is 0 Å². The molecule has 4 nitrogen and oxygen atoms in total. The van der Waals surface area contributed by atoms with Crippen molar-refractivity contribution in [2.24, 2.45) is 0 Å². The number of anilines is 1. The number of aromatic nitrogens is 2. The van der Waals surface area contributed by atoms with Gasteiger partial charge in [0.05, 0.1) is 18.3 Å². The molecule has 1 aromatic heterocycles. The minimum Gasteiger partial charge on any atom is -0.394 e. The second-order valence-electron chi connectivity index (χ2n) is 3.27. The number of aliphatic hydroxyl groups excluding tert-OH is 1. The highest BCUT2D eigenvalue weighted by atomic mass is 19.1. The second kappa shape index (κ2) is 5.60. The maximum absolute atomic E-state index is 13.6. The lowest BCUT2D eigenvalue weighted by Gasteiger charge is -2.15. The molecule has 0 radical (unpaired) electrons. The van der Waals surface area contributed by atoms with E-state index in [-0.39, 0.29) is 18.5 Å². The highest BCUT2D eigenvalue weighted by Gasteiger charge is 2.12. The molecule has 84 valence electrons. The van der Waals surface area contributed by atoms with Crippen molar-refractivity contribution in [2.45, 2.75) is 32.7 Å². The van der Waals surface area contributed by atoms with Crippen molar-refractivity contribution in [2.75, 3.05) is 11.9 Å². The fraction of sp³-hybridized carbons (Fsp3) is 0.600. The molecule has 1 aromatic rings. The van der Waals surface area contributed by atoms with Crippen molar-refractivity contribution in [3.05, 3.63) is 17.8 Å². The van der Waals surface area contributed by atoms with E-state index in [1.165, 1.54) is 6.33 Å². The lowest BCUT2D eigenvalue weighted by molar-refractivity contribution is 0.271. The SMILES string of the molecule is CCc1ncnc(NC(CC)CO)c1F. The van der Waals surface area contributed by atoms with Gasteiger partial charge in [0, 0.05) is 0 Å². The van der Waals surface area contributed by atoms with Crippen molar-refractivity contribution in [3.63, 3.8) is 0 Å². The smallest absolute Gasteiger partial charge is 0.186 e. The van der Waals surface area contributed by atoms with Crippen LogP contribution < -0.4 is 5.32 Å². The molecule has 0 amide bonds. The van der Waals surface area contributed by atoms with Crippen molar-refractivity contribution in [3.8, 4) is 0 Å².